The van der Waals surface area contributed by atoms with Gasteiger partial charge in [-0.15, -0.1) is 0 Å². The Kier molecular flexibility index (Phi) is 4.58. The van der Waals surface area contributed by atoms with Crippen LogP contribution in [0.3, 0.4) is 0 Å². The van der Waals surface area contributed by atoms with Gasteiger partial charge in [-0.25, -0.2) is 0 Å². The molecule has 0 aliphatic heterocycles. The number of nitrogens with one attached hydrogen (secondary N) is 1. The van der Waals surface area contributed by atoms with Crippen molar-refractivity contribution in [3.8, 4) is 22.6 Å². The Morgan fingerprint density at radius 3 is 2.00 bits per heavy atom. The lowest BCUT2D eigenvalue weighted by molar-refractivity contribution is 0.865. The third kappa shape index (κ3) is 2.89. The van der Waals surface area contributed by atoms with Crippen molar-refractivity contribution in [2.45, 2.75) is 0 Å². The third-order valence-corrected chi connectivity index (χ3v) is 5.63. The molecule has 7 heteroatoms. The molecule has 0 radical (unpaired) electrons. The minimum absolute atomic E-state index is 0.253. The average molecular weight is 431 g/mol. The van der Waals surface area contributed by atoms with Crippen LogP contribution in [0.15, 0.2) is 89.7 Å². The van der Waals surface area contributed by atoms with Gasteiger partial charge in [-0.2, -0.15) is 5.10 Å². The van der Waals surface area contributed by atoms with E-state index >= 15 is 0 Å². The number of para-hydroxylation sites is 2. The zero-order chi connectivity index (χ0) is 20.7. The fourth-order valence-electron chi connectivity index (χ4n) is 3.56. The van der Waals surface area contributed by atoms with Gasteiger partial charge in [0.05, 0.1) is 11.4 Å². The topological polar surface area (TPSA) is 55.6 Å². The molecular formula is C23H15ClN4OS. The fraction of sp³-hybridized carbons (Fsp3) is 0. The monoisotopic (exact) mass is 430 g/mol. The van der Waals surface area contributed by atoms with E-state index in [1.165, 1.54) is 4.57 Å². The summed E-state index contributed by atoms with van der Waals surface area (Å²) >= 11 is 12.2. The molecule has 0 unspecified atom stereocenters. The fourth-order valence-corrected chi connectivity index (χ4v) is 4.17. The Morgan fingerprint density at radius 2 is 1.37 bits per heavy atom. The highest BCUT2D eigenvalue weighted by molar-refractivity contribution is 7.71. The van der Waals surface area contributed by atoms with Gasteiger partial charge in [0.1, 0.15) is 5.39 Å². The normalized spacial score (nSPS) is 11.1. The van der Waals surface area contributed by atoms with E-state index in [0.717, 1.165) is 5.69 Å². The number of hydrogen-bond acceptors (Lipinski definition) is 3. The van der Waals surface area contributed by atoms with E-state index in [1.807, 2.05) is 78.9 Å². The van der Waals surface area contributed by atoms with Crippen molar-refractivity contribution < 1.29 is 0 Å². The van der Waals surface area contributed by atoms with Crippen LogP contribution in [0.2, 0.25) is 5.02 Å². The van der Waals surface area contributed by atoms with Crippen LogP contribution >= 0.6 is 23.8 Å². The van der Waals surface area contributed by atoms with Gasteiger partial charge >= 0.3 is 0 Å². The maximum atomic E-state index is 13.7. The molecule has 5 aromatic rings. The minimum atomic E-state index is -0.253. The number of aromatic nitrogens is 4. The molecule has 0 amide bonds. The van der Waals surface area contributed by atoms with Gasteiger partial charge in [0.25, 0.3) is 5.56 Å². The van der Waals surface area contributed by atoms with E-state index in [9.17, 15) is 4.79 Å². The number of fused-ring (bicyclic) bond motifs is 1. The molecule has 0 fully saturated rings. The second-order valence-corrected chi connectivity index (χ2v) is 7.48. The Morgan fingerprint density at radius 1 is 0.800 bits per heavy atom. The molecule has 0 saturated heterocycles. The van der Waals surface area contributed by atoms with E-state index < -0.39 is 0 Å². The van der Waals surface area contributed by atoms with Crippen LogP contribution in [0.1, 0.15) is 0 Å². The molecule has 0 spiro atoms. The molecular weight excluding hydrogens is 416 g/mol. The van der Waals surface area contributed by atoms with Crippen LogP contribution in [-0.2, 0) is 0 Å². The van der Waals surface area contributed by atoms with E-state index in [-0.39, 0.29) is 5.56 Å². The molecule has 2 aromatic heterocycles. The molecule has 0 atom stereocenters. The van der Waals surface area contributed by atoms with Crippen molar-refractivity contribution >= 4 is 34.9 Å². The number of halogens is 1. The van der Waals surface area contributed by atoms with E-state index in [0.29, 0.717) is 37.8 Å². The van der Waals surface area contributed by atoms with Crippen LogP contribution < -0.4 is 5.56 Å². The van der Waals surface area contributed by atoms with Crippen molar-refractivity contribution in [2.24, 2.45) is 0 Å². The highest BCUT2D eigenvalue weighted by Crippen LogP contribution is 2.31. The number of nitrogens with zero attached hydrogens (tertiary/aromatic N) is 3. The quantitative estimate of drug-likeness (QED) is 0.381. The summed E-state index contributed by atoms with van der Waals surface area (Å²) in [7, 11) is 0. The maximum Gasteiger partial charge on any atom is 0.270 e. The lowest BCUT2D eigenvalue weighted by Crippen LogP contribution is -2.23. The summed E-state index contributed by atoms with van der Waals surface area (Å²) in [6, 6.07) is 26.3. The van der Waals surface area contributed by atoms with Crippen LogP contribution in [0, 0.1) is 4.77 Å². The minimum Gasteiger partial charge on any atom is -0.275 e. The predicted molar refractivity (Wildman–Crippen MR) is 122 cm³/mol. The molecule has 1 N–H and O–H groups in total. The smallest absolute Gasteiger partial charge is 0.270 e. The molecule has 0 aliphatic carbocycles. The second-order valence-electron chi connectivity index (χ2n) is 6.71. The Hall–Kier alpha value is -3.48. The first-order chi connectivity index (χ1) is 14.7. The van der Waals surface area contributed by atoms with Gasteiger partial charge in [0.2, 0.25) is 0 Å². The van der Waals surface area contributed by atoms with Crippen LogP contribution in [0.25, 0.3) is 33.7 Å². The Balaban J connectivity index is 1.97. The van der Waals surface area contributed by atoms with Crippen LogP contribution in [-0.4, -0.2) is 19.3 Å². The zero-order valence-corrected chi connectivity index (χ0v) is 17.2. The van der Waals surface area contributed by atoms with E-state index in [4.69, 9.17) is 23.8 Å². The first-order valence-corrected chi connectivity index (χ1v) is 10.1. The molecule has 30 heavy (non-hydrogen) atoms. The van der Waals surface area contributed by atoms with Crippen molar-refractivity contribution in [3.63, 3.8) is 0 Å². The molecule has 0 bridgehead atoms. The molecule has 3 aromatic carbocycles. The van der Waals surface area contributed by atoms with Crippen molar-refractivity contribution in [3.05, 3.63) is 105 Å². The Labute approximate surface area is 181 Å². The van der Waals surface area contributed by atoms with E-state index in [2.05, 4.69) is 10.2 Å². The third-order valence-electron chi connectivity index (χ3n) is 4.93. The van der Waals surface area contributed by atoms with Crippen LogP contribution in [0.5, 0.6) is 0 Å². The van der Waals surface area contributed by atoms with Crippen LogP contribution in [0.4, 0.5) is 0 Å². The SMILES string of the molecule is O=c1c2c(-c3ccccc3Cl)[nH]nc2n(-c2ccccc2)c(=S)n1-c1ccccc1. The number of benzene rings is 3. The van der Waals surface area contributed by atoms with Crippen molar-refractivity contribution in [1.82, 2.24) is 19.3 Å². The lowest BCUT2D eigenvalue weighted by atomic mass is 10.1. The summed E-state index contributed by atoms with van der Waals surface area (Å²) < 4.78 is 3.67. The predicted octanol–water partition coefficient (Wildman–Crippen LogP) is 5.55. The molecule has 5 nitrogen and oxygen atoms in total. The van der Waals surface area contributed by atoms with Crippen molar-refractivity contribution in [1.29, 1.82) is 0 Å². The standard InChI is InChI=1S/C23H15ClN4OS/c24-18-14-8-7-13-17(18)20-19-21(26-25-20)27(15-9-3-1-4-10-15)23(30)28(22(19)29)16-11-5-2-6-12-16/h1-14H,(H,25,26). The number of H-pyrrole nitrogens is 1. The summed E-state index contributed by atoms with van der Waals surface area (Å²) in [5, 5.41) is 8.43. The van der Waals surface area contributed by atoms with Gasteiger partial charge < -0.3 is 0 Å². The summed E-state index contributed by atoms with van der Waals surface area (Å²) in [6.07, 6.45) is 0. The van der Waals surface area contributed by atoms with Gasteiger partial charge in [-0.05, 0) is 42.5 Å². The second kappa shape index (κ2) is 7.40. The van der Waals surface area contributed by atoms with Crippen molar-refractivity contribution in [2.75, 3.05) is 0 Å². The summed E-state index contributed by atoms with van der Waals surface area (Å²) in [5.74, 6) is 0. The molecule has 0 aliphatic rings. The number of hydrogen-bond donors (Lipinski definition) is 1. The highest BCUT2D eigenvalue weighted by Gasteiger charge is 2.21. The molecule has 0 saturated carbocycles. The van der Waals surface area contributed by atoms with Gasteiger partial charge in [-0.1, -0.05) is 66.2 Å². The first kappa shape index (κ1) is 18.5. The van der Waals surface area contributed by atoms with E-state index in [1.54, 1.807) is 10.6 Å². The highest BCUT2D eigenvalue weighted by atomic mass is 35.5. The zero-order valence-electron chi connectivity index (χ0n) is 15.6. The average Bonchev–Trinajstić information content (AvgIpc) is 3.20. The van der Waals surface area contributed by atoms with Gasteiger partial charge in [0, 0.05) is 16.3 Å². The first-order valence-electron chi connectivity index (χ1n) is 9.28. The van der Waals surface area contributed by atoms with Gasteiger partial charge in [-0.3, -0.25) is 19.0 Å². The summed E-state index contributed by atoms with van der Waals surface area (Å²) in [6.45, 7) is 0. The van der Waals surface area contributed by atoms with Gasteiger partial charge in [0.15, 0.2) is 10.4 Å². The summed E-state index contributed by atoms with van der Waals surface area (Å²) in [4.78, 5) is 13.7. The molecule has 5 rings (SSSR count). The summed E-state index contributed by atoms with van der Waals surface area (Å²) in [5.41, 5.74) is 2.97. The number of aromatic amines is 1. The Bertz CT molecular complexity index is 1490. The maximum absolute atomic E-state index is 13.7. The number of rotatable bonds is 3. The largest absolute Gasteiger partial charge is 0.275 e. The molecule has 2 heterocycles. The molecule has 146 valence electrons. The lowest BCUT2D eigenvalue weighted by Gasteiger charge is -2.14.